The molecular formula is C15H17F2N3O6S. The van der Waals surface area contributed by atoms with Gasteiger partial charge in [0.2, 0.25) is 0 Å². The summed E-state index contributed by atoms with van der Waals surface area (Å²) < 4.78 is 58.4. The zero-order chi connectivity index (χ0) is 20.6. The fraction of sp³-hybridized carbons (Fsp3) is 0.400. The maximum atomic E-state index is 12.4. The van der Waals surface area contributed by atoms with Gasteiger partial charge < -0.3 is 14.8 Å². The molecule has 1 N–H and O–H groups in total. The second kappa shape index (κ2) is 9.67. The highest BCUT2D eigenvalue weighted by atomic mass is 32.2. The van der Waals surface area contributed by atoms with Crippen molar-refractivity contribution in [1.29, 1.82) is 5.26 Å². The Morgan fingerprint density at radius 1 is 1.33 bits per heavy atom. The van der Waals surface area contributed by atoms with Crippen molar-refractivity contribution >= 4 is 21.8 Å². The highest BCUT2D eigenvalue weighted by molar-refractivity contribution is 7.90. The largest absolute Gasteiger partial charge is 0.453 e. The van der Waals surface area contributed by atoms with Crippen LogP contribution >= 0.6 is 0 Å². The molecule has 1 aromatic rings. The van der Waals surface area contributed by atoms with Crippen LogP contribution in [0.1, 0.15) is 5.56 Å². The third-order valence-corrected chi connectivity index (χ3v) is 4.83. The normalized spacial score (nSPS) is 12.0. The molecule has 0 unspecified atom stereocenters. The molecule has 0 heterocycles. The first-order chi connectivity index (χ1) is 12.6. The summed E-state index contributed by atoms with van der Waals surface area (Å²) in [5, 5.41) is 10.8. The number of alkyl halides is 2. The van der Waals surface area contributed by atoms with Crippen LogP contribution in [-0.4, -0.2) is 57.9 Å². The topological polar surface area (TPSA) is 126 Å². The molecule has 0 aromatic heterocycles. The van der Waals surface area contributed by atoms with Gasteiger partial charge in [-0.3, -0.25) is 9.69 Å². The number of likely N-dealkylation sites (N-methyl/N-ethyl adjacent to an activating group) is 1. The summed E-state index contributed by atoms with van der Waals surface area (Å²) in [4.78, 5) is 24.0. The van der Waals surface area contributed by atoms with Gasteiger partial charge in [0.15, 0.2) is 16.0 Å². The summed E-state index contributed by atoms with van der Waals surface area (Å²) in [7, 11) is -1.98. The summed E-state index contributed by atoms with van der Waals surface area (Å²) in [6, 6.07) is 3.68. The van der Waals surface area contributed by atoms with Gasteiger partial charge in [-0.25, -0.2) is 13.2 Å². The summed E-state index contributed by atoms with van der Waals surface area (Å²) in [6.45, 7) is -3.14. The van der Waals surface area contributed by atoms with Gasteiger partial charge in [0, 0.05) is 12.6 Å². The number of carbonyl (C=O) groups excluding carboxylic acids is 2. The SMILES string of the molecule is COC(=O)N[C@@H](CS(=O)(=O)Cc1ccccc1OC(F)F)C(=O)N(C)C#N. The smallest absolute Gasteiger partial charge is 0.407 e. The number of hydrogen-bond donors (Lipinski definition) is 1. The number of methoxy groups -OCH3 is 1. The predicted molar refractivity (Wildman–Crippen MR) is 88.3 cm³/mol. The number of nitrogens with zero attached hydrogens (tertiary/aromatic N) is 2. The Morgan fingerprint density at radius 3 is 2.52 bits per heavy atom. The molecule has 27 heavy (non-hydrogen) atoms. The van der Waals surface area contributed by atoms with Crippen LogP contribution in [0.25, 0.3) is 0 Å². The molecular weight excluding hydrogens is 388 g/mol. The summed E-state index contributed by atoms with van der Waals surface area (Å²) in [5.41, 5.74) is -0.0456. The Hall–Kier alpha value is -2.94. The van der Waals surface area contributed by atoms with Gasteiger partial charge in [-0.2, -0.15) is 14.0 Å². The number of amides is 2. The Kier molecular flexibility index (Phi) is 7.92. The minimum absolute atomic E-state index is 0.0456. The molecule has 1 aromatic carbocycles. The van der Waals surface area contributed by atoms with Crippen LogP contribution in [0.5, 0.6) is 5.75 Å². The van der Waals surface area contributed by atoms with E-state index in [9.17, 15) is 26.8 Å². The van der Waals surface area contributed by atoms with Crippen LogP contribution in [-0.2, 0) is 25.1 Å². The zero-order valence-corrected chi connectivity index (χ0v) is 15.2. The van der Waals surface area contributed by atoms with Crippen molar-refractivity contribution in [2.75, 3.05) is 19.9 Å². The number of carbonyl (C=O) groups is 2. The van der Waals surface area contributed by atoms with Crippen LogP contribution in [0.2, 0.25) is 0 Å². The molecule has 0 bridgehead atoms. The molecule has 12 heteroatoms. The standard InChI is InChI=1S/C15H17F2N3O6S/c1-20(9-18)13(21)11(19-15(22)25-2)8-27(23,24)7-10-5-3-4-6-12(10)26-14(16)17/h3-6,11,14H,7-8H2,1-2H3,(H,19,22)/t11-/m0/s1. The number of hydrogen-bond acceptors (Lipinski definition) is 7. The van der Waals surface area contributed by atoms with Crippen molar-refractivity contribution in [3.63, 3.8) is 0 Å². The highest BCUT2D eigenvalue weighted by Crippen LogP contribution is 2.23. The molecule has 0 saturated carbocycles. The molecule has 1 rings (SSSR count). The number of halogens is 2. The lowest BCUT2D eigenvalue weighted by Crippen LogP contribution is -2.49. The van der Waals surface area contributed by atoms with E-state index in [2.05, 4.69) is 9.47 Å². The minimum Gasteiger partial charge on any atom is -0.453 e. The van der Waals surface area contributed by atoms with Gasteiger partial charge in [0.1, 0.15) is 11.8 Å². The van der Waals surface area contributed by atoms with Gasteiger partial charge in [-0.1, -0.05) is 18.2 Å². The second-order valence-electron chi connectivity index (χ2n) is 5.23. The second-order valence-corrected chi connectivity index (χ2v) is 7.34. The predicted octanol–water partition coefficient (Wildman–Crippen LogP) is 0.867. The van der Waals surface area contributed by atoms with Crippen molar-refractivity contribution in [3.8, 4) is 11.9 Å². The van der Waals surface area contributed by atoms with Crippen molar-refractivity contribution in [2.45, 2.75) is 18.4 Å². The van der Waals surface area contributed by atoms with Gasteiger partial charge in [0.25, 0.3) is 5.91 Å². The van der Waals surface area contributed by atoms with E-state index in [1.807, 2.05) is 5.32 Å². The van der Waals surface area contributed by atoms with Crippen LogP contribution in [0, 0.1) is 11.5 Å². The molecule has 0 aliphatic heterocycles. The number of sulfone groups is 1. The summed E-state index contributed by atoms with van der Waals surface area (Å²) in [5.74, 6) is -2.91. The third kappa shape index (κ3) is 7.06. The van der Waals surface area contributed by atoms with Gasteiger partial charge >= 0.3 is 12.7 Å². The van der Waals surface area contributed by atoms with Gasteiger partial charge in [0.05, 0.1) is 18.6 Å². The van der Waals surface area contributed by atoms with E-state index in [1.165, 1.54) is 30.5 Å². The van der Waals surface area contributed by atoms with Crippen molar-refractivity contribution in [3.05, 3.63) is 29.8 Å². The van der Waals surface area contributed by atoms with Crippen LogP contribution in [0.4, 0.5) is 13.6 Å². The van der Waals surface area contributed by atoms with E-state index in [0.717, 1.165) is 14.2 Å². The lowest BCUT2D eigenvalue weighted by Gasteiger charge is -2.19. The van der Waals surface area contributed by atoms with Gasteiger partial charge in [-0.05, 0) is 6.07 Å². The summed E-state index contributed by atoms with van der Waals surface area (Å²) in [6.07, 6.45) is 0.423. The number of alkyl carbamates (subject to hydrolysis) is 1. The first kappa shape index (κ1) is 22.1. The number of benzene rings is 1. The van der Waals surface area contributed by atoms with E-state index in [4.69, 9.17) is 5.26 Å². The number of nitrogens with one attached hydrogen (secondary N) is 1. The third-order valence-electron chi connectivity index (χ3n) is 3.24. The molecule has 9 nitrogen and oxygen atoms in total. The number of ether oxygens (including phenoxy) is 2. The molecule has 1 atom stereocenters. The van der Waals surface area contributed by atoms with Crippen LogP contribution in [0.15, 0.2) is 24.3 Å². The van der Waals surface area contributed by atoms with Gasteiger partial charge in [-0.15, -0.1) is 0 Å². The number of rotatable bonds is 8. The van der Waals surface area contributed by atoms with Crippen molar-refractivity contribution < 1.29 is 36.3 Å². The Morgan fingerprint density at radius 2 is 1.96 bits per heavy atom. The molecule has 0 aliphatic rings. The highest BCUT2D eigenvalue weighted by Gasteiger charge is 2.30. The van der Waals surface area contributed by atoms with Crippen LogP contribution in [0.3, 0.4) is 0 Å². The average molecular weight is 405 g/mol. The Bertz CT molecular complexity index is 825. The molecule has 0 spiro atoms. The first-order valence-electron chi connectivity index (χ1n) is 7.34. The van der Waals surface area contributed by atoms with Crippen molar-refractivity contribution in [1.82, 2.24) is 10.2 Å². The first-order valence-corrected chi connectivity index (χ1v) is 9.16. The zero-order valence-electron chi connectivity index (χ0n) is 14.4. The van der Waals surface area contributed by atoms with Crippen molar-refractivity contribution in [2.24, 2.45) is 0 Å². The maximum Gasteiger partial charge on any atom is 0.407 e. The Labute approximate surface area is 154 Å². The van der Waals surface area contributed by atoms with E-state index >= 15 is 0 Å². The molecule has 0 saturated heterocycles. The fourth-order valence-corrected chi connectivity index (χ4v) is 3.61. The minimum atomic E-state index is -4.08. The van der Waals surface area contributed by atoms with E-state index < -0.39 is 46.0 Å². The molecule has 0 aliphatic carbocycles. The average Bonchev–Trinajstić information content (AvgIpc) is 2.60. The molecule has 2 amide bonds. The van der Waals surface area contributed by atoms with E-state index in [1.54, 1.807) is 0 Å². The quantitative estimate of drug-likeness (QED) is 0.502. The van der Waals surface area contributed by atoms with Crippen LogP contribution < -0.4 is 10.1 Å². The Balaban J connectivity index is 3.05. The van der Waals surface area contributed by atoms with E-state index in [-0.39, 0.29) is 11.3 Å². The monoisotopic (exact) mass is 405 g/mol. The molecule has 148 valence electrons. The molecule has 0 fully saturated rings. The lowest BCUT2D eigenvalue weighted by molar-refractivity contribution is -0.128. The number of para-hydroxylation sites is 1. The summed E-state index contributed by atoms with van der Waals surface area (Å²) >= 11 is 0. The maximum absolute atomic E-state index is 12.4. The fourth-order valence-electron chi connectivity index (χ4n) is 2.04. The number of nitriles is 1. The lowest BCUT2D eigenvalue weighted by atomic mass is 10.2. The molecule has 0 radical (unpaired) electrons. The van der Waals surface area contributed by atoms with E-state index in [0.29, 0.717) is 4.90 Å².